The third-order valence-corrected chi connectivity index (χ3v) is 5.89. The van der Waals surface area contributed by atoms with Crippen molar-refractivity contribution in [1.29, 1.82) is 0 Å². The molecule has 35 heavy (non-hydrogen) atoms. The van der Waals surface area contributed by atoms with E-state index in [9.17, 15) is 18.4 Å². The lowest BCUT2D eigenvalue weighted by Crippen LogP contribution is -2.24. The van der Waals surface area contributed by atoms with Crippen molar-refractivity contribution in [2.24, 2.45) is 0 Å². The molecule has 3 aromatic heterocycles. The van der Waals surface area contributed by atoms with Crippen LogP contribution in [0.5, 0.6) is 5.75 Å². The van der Waals surface area contributed by atoms with Gasteiger partial charge in [0, 0.05) is 49.9 Å². The number of rotatable bonds is 8. The molecular weight excluding hydrogens is 478 g/mol. The molecular formula is C25H23ClF2N4O3. The van der Waals surface area contributed by atoms with Crippen LogP contribution in [0, 0.1) is 18.6 Å². The molecule has 7 nitrogen and oxygen atoms in total. The Morgan fingerprint density at radius 1 is 1.29 bits per heavy atom. The zero-order valence-corrected chi connectivity index (χ0v) is 20.1. The molecule has 10 heteroatoms. The standard InChI is InChI=1S/C25H23ClF2N4O3/c1-14-22(15-4-5-15)24(35-13-20-18(28)10-16(27)12-30-20)23(26)25(34)32(14)17-6-8-29-19(11-17)21(33)7-9-31(2)3/h6-12,15H,4-5,13H2,1-3H3/b9-7+. The number of nitrogens with zero attached hydrogens (tertiary/aromatic N) is 4. The highest BCUT2D eigenvalue weighted by molar-refractivity contribution is 6.32. The molecule has 1 fully saturated rings. The third kappa shape index (κ3) is 5.24. The zero-order valence-electron chi connectivity index (χ0n) is 19.4. The molecule has 0 aliphatic heterocycles. The fourth-order valence-electron chi connectivity index (χ4n) is 3.74. The number of ether oxygens (including phenoxy) is 1. The van der Waals surface area contributed by atoms with E-state index in [0.717, 1.165) is 24.6 Å². The first kappa shape index (κ1) is 24.5. The van der Waals surface area contributed by atoms with Crippen LogP contribution in [0.2, 0.25) is 5.02 Å². The van der Waals surface area contributed by atoms with Crippen molar-refractivity contribution in [2.45, 2.75) is 32.3 Å². The lowest BCUT2D eigenvalue weighted by atomic mass is 10.1. The van der Waals surface area contributed by atoms with Crippen molar-refractivity contribution >= 4 is 17.4 Å². The van der Waals surface area contributed by atoms with Crippen molar-refractivity contribution in [3.05, 3.63) is 92.5 Å². The minimum atomic E-state index is -0.851. The first-order valence-corrected chi connectivity index (χ1v) is 11.3. The Morgan fingerprint density at radius 2 is 2.03 bits per heavy atom. The van der Waals surface area contributed by atoms with E-state index >= 15 is 0 Å². The van der Waals surface area contributed by atoms with Gasteiger partial charge in [-0.05, 0) is 37.8 Å². The van der Waals surface area contributed by atoms with E-state index in [0.29, 0.717) is 17.4 Å². The summed E-state index contributed by atoms with van der Waals surface area (Å²) in [6.45, 7) is 1.45. The molecule has 0 unspecified atom stereocenters. The third-order valence-electron chi connectivity index (χ3n) is 5.56. The number of pyridine rings is 3. The largest absolute Gasteiger partial charge is 0.485 e. The van der Waals surface area contributed by atoms with Gasteiger partial charge >= 0.3 is 0 Å². The Balaban J connectivity index is 1.75. The van der Waals surface area contributed by atoms with E-state index in [-0.39, 0.29) is 40.5 Å². The first-order valence-electron chi connectivity index (χ1n) is 10.9. The molecule has 4 rings (SSSR count). The lowest BCUT2D eigenvalue weighted by molar-refractivity contribution is 0.104. The van der Waals surface area contributed by atoms with Crippen LogP contribution in [-0.4, -0.2) is 39.3 Å². The second kappa shape index (κ2) is 9.95. The van der Waals surface area contributed by atoms with Crippen LogP contribution in [0.25, 0.3) is 5.69 Å². The van der Waals surface area contributed by atoms with E-state index in [1.807, 2.05) is 0 Å². The van der Waals surface area contributed by atoms with Crippen molar-refractivity contribution in [2.75, 3.05) is 14.1 Å². The predicted octanol–water partition coefficient (Wildman–Crippen LogP) is 4.58. The highest BCUT2D eigenvalue weighted by Gasteiger charge is 2.33. The Hall–Kier alpha value is -3.59. The molecule has 0 amide bonds. The second-order valence-electron chi connectivity index (χ2n) is 8.47. The molecule has 182 valence electrons. The van der Waals surface area contributed by atoms with E-state index in [1.54, 1.807) is 38.2 Å². The van der Waals surface area contributed by atoms with Crippen LogP contribution in [-0.2, 0) is 6.61 Å². The molecule has 0 radical (unpaired) electrons. The van der Waals surface area contributed by atoms with Gasteiger partial charge in [-0.15, -0.1) is 0 Å². The topological polar surface area (TPSA) is 77.3 Å². The van der Waals surface area contributed by atoms with Crippen LogP contribution < -0.4 is 10.3 Å². The first-order chi connectivity index (χ1) is 16.7. The number of hydrogen-bond donors (Lipinski definition) is 0. The van der Waals surface area contributed by atoms with Crippen LogP contribution in [0.15, 0.2) is 47.7 Å². The maximum absolute atomic E-state index is 14.0. The fraction of sp³-hybridized carbons (Fsp3) is 0.280. The van der Waals surface area contributed by atoms with Crippen molar-refractivity contribution in [1.82, 2.24) is 19.4 Å². The van der Waals surface area contributed by atoms with Gasteiger partial charge in [0.1, 0.15) is 34.6 Å². The SMILES string of the molecule is Cc1c(C2CC2)c(OCc2ncc(F)cc2F)c(Cl)c(=O)n1-c1ccnc(C(=O)/C=C/N(C)C)c1. The van der Waals surface area contributed by atoms with Crippen molar-refractivity contribution in [3.8, 4) is 11.4 Å². The monoisotopic (exact) mass is 500 g/mol. The Kier molecular flexibility index (Phi) is 6.98. The van der Waals surface area contributed by atoms with Gasteiger partial charge in [0.25, 0.3) is 5.56 Å². The summed E-state index contributed by atoms with van der Waals surface area (Å²) < 4.78 is 34.4. The molecule has 3 heterocycles. The Labute approximate surface area is 205 Å². The minimum absolute atomic E-state index is 0.103. The van der Waals surface area contributed by atoms with Gasteiger partial charge in [-0.25, -0.2) is 8.78 Å². The molecule has 1 aliphatic carbocycles. The number of hydrogen-bond acceptors (Lipinski definition) is 6. The van der Waals surface area contributed by atoms with Gasteiger partial charge in [-0.3, -0.25) is 24.1 Å². The number of carbonyl (C=O) groups excluding carboxylic acids is 1. The molecule has 0 N–H and O–H groups in total. The summed E-state index contributed by atoms with van der Waals surface area (Å²) >= 11 is 6.48. The fourth-order valence-corrected chi connectivity index (χ4v) is 3.98. The van der Waals surface area contributed by atoms with Gasteiger partial charge < -0.3 is 9.64 Å². The van der Waals surface area contributed by atoms with Crippen molar-refractivity contribution < 1.29 is 18.3 Å². The number of halogens is 3. The summed E-state index contributed by atoms with van der Waals surface area (Å²) in [5, 5.41) is -0.169. The maximum Gasteiger partial charge on any atom is 0.277 e. The number of allylic oxidation sites excluding steroid dienone is 1. The summed E-state index contributed by atoms with van der Waals surface area (Å²) in [5.74, 6) is -1.68. The minimum Gasteiger partial charge on any atom is -0.485 e. The van der Waals surface area contributed by atoms with Crippen molar-refractivity contribution in [3.63, 3.8) is 0 Å². The van der Waals surface area contributed by atoms with Crippen LogP contribution in [0.4, 0.5) is 8.78 Å². The van der Waals surface area contributed by atoms with E-state index in [2.05, 4.69) is 9.97 Å². The molecule has 0 spiro atoms. The number of aromatic nitrogens is 3. The highest BCUT2D eigenvalue weighted by atomic mass is 35.5. The van der Waals surface area contributed by atoms with Gasteiger partial charge in [-0.2, -0.15) is 0 Å². The quantitative estimate of drug-likeness (QED) is 0.333. The summed E-state index contributed by atoms with van der Waals surface area (Å²) in [5.41, 5.74) is 1.28. The summed E-state index contributed by atoms with van der Waals surface area (Å²) in [4.78, 5) is 35.4. The molecule has 0 bridgehead atoms. The average Bonchev–Trinajstić information content (AvgIpc) is 3.65. The smallest absolute Gasteiger partial charge is 0.277 e. The highest BCUT2D eigenvalue weighted by Crippen LogP contribution is 2.47. The molecule has 3 aromatic rings. The molecule has 0 saturated heterocycles. The van der Waals surface area contributed by atoms with Gasteiger partial charge in [0.05, 0.1) is 11.9 Å². The molecule has 0 atom stereocenters. The molecule has 0 aromatic carbocycles. The zero-order chi connectivity index (χ0) is 25.3. The predicted molar refractivity (Wildman–Crippen MR) is 127 cm³/mol. The normalized spacial score (nSPS) is 13.3. The van der Waals surface area contributed by atoms with E-state index in [1.165, 1.54) is 22.9 Å². The van der Waals surface area contributed by atoms with Gasteiger partial charge in [-0.1, -0.05) is 11.6 Å². The van der Waals surface area contributed by atoms with Crippen LogP contribution in [0.3, 0.4) is 0 Å². The molecule has 1 aliphatic rings. The van der Waals surface area contributed by atoms with Gasteiger partial charge in [0.2, 0.25) is 5.78 Å². The summed E-state index contributed by atoms with van der Waals surface area (Å²) in [7, 11) is 3.59. The van der Waals surface area contributed by atoms with E-state index < -0.39 is 17.2 Å². The maximum atomic E-state index is 14.0. The van der Waals surface area contributed by atoms with Gasteiger partial charge in [0.15, 0.2) is 5.82 Å². The summed E-state index contributed by atoms with van der Waals surface area (Å²) in [6.07, 6.45) is 7.11. The molecule has 1 saturated carbocycles. The Morgan fingerprint density at radius 3 is 2.69 bits per heavy atom. The number of ketones is 1. The van der Waals surface area contributed by atoms with Crippen LogP contribution >= 0.6 is 11.6 Å². The van der Waals surface area contributed by atoms with E-state index in [4.69, 9.17) is 16.3 Å². The second-order valence-corrected chi connectivity index (χ2v) is 8.85. The van der Waals surface area contributed by atoms with Crippen LogP contribution in [0.1, 0.15) is 46.2 Å². The average molecular weight is 501 g/mol. The number of carbonyl (C=O) groups is 1. The summed E-state index contributed by atoms with van der Waals surface area (Å²) in [6, 6.07) is 3.86. The lowest BCUT2D eigenvalue weighted by Gasteiger charge is -2.20. The Bertz CT molecular complexity index is 1380.